The Morgan fingerprint density at radius 3 is 3.06 bits per heavy atom. The molecule has 0 spiro atoms. The lowest BCUT2D eigenvalue weighted by atomic mass is 10.0. The van der Waals surface area contributed by atoms with Gasteiger partial charge >= 0.3 is 0 Å². The summed E-state index contributed by atoms with van der Waals surface area (Å²) in [5.74, 6) is -0.176. The summed E-state index contributed by atoms with van der Waals surface area (Å²) in [6, 6.07) is 7.42. The Labute approximate surface area is 109 Å². The van der Waals surface area contributed by atoms with E-state index in [1.165, 1.54) is 38.3 Å². The minimum Gasteiger partial charge on any atom is -0.384 e. The molecular weight excluding hydrogens is 227 g/mol. The molecule has 0 aromatic heterocycles. The van der Waals surface area contributed by atoms with Gasteiger partial charge in [0.1, 0.15) is 5.82 Å². The van der Waals surface area contributed by atoms with E-state index in [2.05, 4.69) is 17.1 Å². The molecule has 2 rings (SSSR count). The van der Waals surface area contributed by atoms with Crippen LogP contribution in [-0.2, 0) is 0 Å². The van der Waals surface area contributed by atoms with Crippen LogP contribution in [0.2, 0.25) is 0 Å². The van der Waals surface area contributed by atoms with Gasteiger partial charge in [0.25, 0.3) is 0 Å². The van der Waals surface area contributed by atoms with Gasteiger partial charge in [0.15, 0.2) is 0 Å². The van der Waals surface area contributed by atoms with E-state index in [1.807, 2.05) is 6.07 Å². The maximum atomic E-state index is 13.0. The molecule has 100 valence electrons. The van der Waals surface area contributed by atoms with E-state index >= 15 is 0 Å². The molecule has 0 radical (unpaired) electrons. The van der Waals surface area contributed by atoms with E-state index in [1.54, 1.807) is 12.1 Å². The van der Waals surface area contributed by atoms with E-state index in [4.69, 9.17) is 0 Å². The summed E-state index contributed by atoms with van der Waals surface area (Å²) < 4.78 is 13.0. The van der Waals surface area contributed by atoms with Crippen molar-refractivity contribution in [3.8, 4) is 0 Å². The van der Waals surface area contributed by atoms with Crippen LogP contribution in [0.25, 0.3) is 0 Å². The molecule has 1 fully saturated rings. The molecule has 1 unspecified atom stereocenters. The third kappa shape index (κ3) is 3.70. The summed E-state index contributed by atoms with van der Waals surface area (Å²) in [5, 5.41) is 3.30. The topological polar surface area (TPSA) is 15.3 Å². The van der Waals surface area contributed by atoms with Crippen molar-refractivity contribution in [1.82, 2.24) is 4.90 Å². The van der Waals surface area contributed by atoms with Crippen LogP contribution in [0.5, 0.6) is 0 Å². The first-order chi connectivity index (χ1) is 8.79. The molecule has 1 aromatic carbocycles. The summed E-state index contributed by atoms with van der Waals surface area (Å²) in [6.07, 6.45) is 5.25. The fourth-order valence-electron chi connectivity index (χ4n) is 2.76. The first kappa shape index (κ1) is 13.3. The number of hydrogen-bond acceptors (Lipinski definition) is 2. The molecule has 1 heterocycles. The maximum Gasteiger partial charge on any atom is 0.125 e. The standard InChI is InChI=1S/C15H23FN2/c1-2-15-8-3-4-10-18(15)11-9-17-14-7-5-6-13(16)12-14/h5-7,12,15,17H,2-4,8-11H2,1H3. The normalized spacial score (nSPS) is 20.9. The second kappa shape index (κ2) is 6.74. The van der Waals surface area contributed by atoms with Crippen LogP contribution in [0.15, 0.2) is 24.3 Å². The Kier molecular flexibility index (Phi) is 5.00. The Bertz CT molecular complexity index is 367. The van der Waals surface area contributed by atoms with Crippen molar-refractivity contribution in [1.29, 1.82) is 0 Å². The monoisotopic (exact) mass is 250 g/mol. The van der Waals surface area contributed by atoms with Crippen LogP contribution in [0.1, 0.15) is 32.6 Å². The zero-order valence-corrected chi connectivity index (χ0v) is 11.2. The van der Waals surface area contributed by atoms with Gasteiger partial charge in [-0.3, -0.25) is 4.90 Å². The zero-order valence-electron chi connectivity index (χ0n) is 11.2. The predicted octanol–water partition coefficient (Wildman–Crippen LogP) is 3.50. The van der Waals surface area contributed by atoms with Gasteiger partial charge in [-0.2, -0.15) is 0 Å². The third-order valence-electron chi connectivity index (χ3n) is 3.77. The maximum absolute atomic E-state index is 13.0. The van der Waals surface area contributed by atoms with E-state index < -0.39 is 0 Å². The smallest absolute Gasteiger partial charge is 0.125 e. The van der Waals surface area contributed by atoms with E-state index in [0.717, 1.165) is 24.8 Å². The highest BCUT2D eigenvalue weighted by Gasteiger charge is 2.19. The minimum absolute atomic E-state index is 0.176. The molecule has 1 aromatic rings. The Hall–Kier alpha value is -1.09. The highest BCUT2D eigenvalue weighted by atomic mass is 19.1. The lowest BCUT2D eigenvalue weighted by Crippen LogP contribution is -2.41. The molecular formula is C15H23FN2. The number of rotatable bonds is 5. The Morgan fingerprint density at radius 2 is 2.28 bits per heavy atom. The fraction of sp³-hybridized carbons (Fsp3) is 0.600. The average Bonchev–Trinajstić information content (AvgIpc) is 2.39. The number of piperidine rings is 1. The first-order valence-corrected chi connectivity index (χ1v) is 7.03. The van der Waals surface area contributed by atoms with Gasteiger partial charge in [-0.25, -0.2) is 4.39 Å². The summed E-state index contributed by atoms with van der Waals surface area (Å²) >= 11 is 0. The minimum atomic E-state index is -0.176. The Morgan fingerprint density at radius 1 is 1.39 bits per heavy atom. The molecule has 0 bridgehead atoms. The summed E-state index contributed by atoms with van der Waals surface area (Å²) in [5.41, 5.74) is 0.875. The quantitative estimate of drug-likeness (QED) is 0.860. The van der Waals surface area contributed by atoms with Crippen molar-refractivity contribution in [2.75, 3.05) is 25.0 Å². The van der Waals surface area contributed by atoms with Gasteiger partial charge in [-0.15, -0.1) is 0 Å². The average molecular weight is 250 g/mol. The number of hydrogen-bond donors (Lipinski definition) is 1. The van der Waals surface area contributed by atoms with E-state index in [9.17, 15) is 4.39 Å². The van der Waals surface area contributed by atoms with Gasteiger partial charge in [0.05, 0.1) is 0 Å². The molecule has 18 heavy (non-hydrogen) atoms. The first-order valence-electron chi connectivity index (χ1n) is 7.03. The van der Waals surface area contributed by atoms with Crippen LogP contribution < -0.4 is 5.32 Å². The van der Waals surface area contributed by atoms with Crippen molar-refractivity contribution in [3.63, 3.8) is 0 Å². The largest absolute Gasteiger partial charge is 0.384 e. The molecule has 0 amide bonds. The second-order valence-electron chi connectivity index (χ2n) is 5.03. The summed E-state index contributed by atoms with van der Waals surface area (Å²) in [7, 11) is 0. The van der Waals surface area contributed by atoms with Gasteiger partial charge in [0, 0.05) is 24.8 Å². The van der Waals surface area contributed by atoms with Crippen LogP contribution in [0.4, 0.5) is 10.1 Å². The van der Waals surface area contributed by atoms with Crippen molar-refractivity contribution >= 4 is 5.69 Å². The molecule has 1 aliphatic rings. The molecule has 0 aliphatic carbocycles. The molecule has 1 N–H and O–H groups in total. The summed E-state index contributed by atoms with van der Waals surface area (Å²) in [4.78, 5) is 2.57. The van der Waals surface area contributed by atoms with Crippen LogP contribution in [0.3, 0.4) is 0 Å². The zero-order chi connectivity index (χ0) is 12.8. The highest BCUT2D eigenvalue weighted by Crippen LogP contribution is 2.19. The molecule has 1 saturated heterocycles. The van der Waals surface area contributed by atoms with E-state index in [0.29, 0.717) is 0 Å². The highest BCUT2D eigenvalue weighted by molar-refractivity contribution is 5.42. The van der Waals surface area contributed by atoms with Gasteiger partial charge in [-0.05, 0) is 44.0 Å². The van der Waals surface area contributed by atoms with Crippen LogP contribution >= 0.6 is 0 Å². The van der Waals surface area contributed by atoms with Crippen molar-refractivity contribution < 1.29 is 4.39 Å². The molecule has 2 nitrogen and oxygen atoms in total. The second-order valence-corrected chi connectivity index (χ2v) is 5.03. The Balaban J connectivity index is 1.77. The number of halogens is 1. The number of benzene rings is 1. The van der Waals surface area contributed by atoms with E-state index in [-0.39, 0.29) is 5.82 Å². The molecule has 1 aliphatic heterocycles. The fourth-order valence-corrected chi connectivity index (χ4v) is 2.76. The van der Waals surface area contributed by atoms with Crippen LogP contribution in [0, 0.1) is 5.82 Å². The molecule has 1 atom stereocenters. The third-order valence-corrected chi connectivity index (χ3v) is 3.77. The molecule has 0 saturated carbocycles. The van der Waals surface area contributed by atoms with Gasteiger partial charge < -0.3 is 5.32 Å². The van der Waals surface area contributed by atoms with Gasteiger partial charge in [0.2, 0.25) is 0 Å². The van der Waals surface area contributed by atoms with Gasteiger partial charge in [-0.1, -0.05) is 19.4 Å². The predicted molar refractivity (Wildman–Crippen MR) is 74.4 cm³/mol. The van der Waals surface area contributed by atoms with Crippen molar-refractivity contribution in [2.24, 2.45) is 0 Å². The number of likely N-dealkylation sites (tertiary alicyclic amines) is 1. The molecule has 3 heteroatoms. The number of nitrogens with zero attached hydrogens (tertiary/aromatic N) is 1. The number of nitrogens with one attached hydrogen (secondary N) is 1. The lowest BCUT2D eigenvalue weighted by molar-refractivity contribution is 0.150. The SMILES string of the molecule is CCC1CCCCN1CCNc1cccc(F)c1. The lowest BCUT2D eigenvalue weighted by Gasteiger charge is -2.35. The van der Waals surface area contributed by atoms with Crippen molar-refractivity contribution in [2.45, 2.75) is 38.6 Å². The van der Waals surface area contributed by atoms with Crippen LogP contribution in [-0.4, -0.2) is 30.6 Å². The summed E-state index contributed by atoms with van der Waals surface area (Å²) in [6.45, 7) is 5.42. The van der Waals surface area contributed by atoms with Crippen molar-refractivity contribution in [3.05, 3.63) is 30.1 Å². The number of anilines is 1.